The third-order valence-corrected chi connectivity index (χ3v) is 4.53. The quantitative estimate of drug-likeness (QED) is 0.880. The van der Waals surface area contributed by atoms with Crippen LogP contribution in [0, 0.1) is 5.92 Å². The Labute approximate surface area is 114 Å². The van der Waals surface area contributed by atoms with Crippen LogP contribution in [0.5, 0.6) is 5.75 Å². The number of aliphatic hydroxyl groups excluding tert-OH is 1. The highest BCUT2D eigenvalue weighted by atomic mass is 32.2. The van der Waals surface area contributed by atoms with Gasteiger partial charge in [0.15, 0.2) is 0 Å². The SMILES string of the molecule is CCCC(C)CC(O)C1CSc2ccccc2O1. The molecule has 3 heteroatoms. The van der Waals surface area contributed by atoms with Crippen molar-refractivity contribution in [1.29, 1.82) is 0 Å². The maximum absolute atomic E-state index is 10.3. The van der Waals surface area contributed by atoms with Crippen molar-refractivity contribution >= 4 is 11.8 Å². The Morgan fingerprint density at radius 3 is 3.00 bits per heavy atom. The minimum absolute atomic E-state index is 0.0655. The van der Waals surface area contributed by atoms with Crippen LogP contribution in [0.3, 0.4) is 0 Å². The second-order valence-corrected chi connectivity index (χ2v) is 6.17. The number of fused-ring (bicyclic) bond motifs is 1. The third-order valence-electron chi connectivity index (χ3n) is 3.39. The van der Waals surface area contributed by atoms with E-state index in [1.165, 1.54) is 17.7 Å². The molecule has 1 heterocycles. The van der Waals surface area contributed by atoms with Gasteiger partial charge < -0.3 is 9.84 Å². The molecule has 1 aliphatic heterocycles. The van der Waals surface area contributed by atoms with E-state index in [4.69, 9.17) is 4.74 Å². The molecule has 18 heavy (non-hydrogen) atoms. The first-order chi connectivity index (χ1) is 8.70. The molecule has 0 saturated carbocycles. The first-order valence-electron chi connectivity index (χ1n) is 6.77. The van der Waals surface area contributed by atoms with Crippen LogP contribution in [-0.4, -0.2) is 23.1 Å². The summed E-state index contributed by atoms with van der Waals surface area (Å²) in [5.41, 5.74) is 0. The van der Waals surface area contributed by atoms with E-state index in [0.717, 1.165) is 17.9 Å². The summed E-state index contributed by atoms with van der Waals surface area (Å²) >= 11 is 1.78. The summed E-state index contributed by atoms with van der Waals surface area (Å²) in [7, 11) is 0. The number of ether oxygens (including phenoxy) is 1. The van der Waals surface area contributed by atoms with Crippen molar-refractivity contribution in [2.75, 3.05) is 5.75 Å². The molecule has 3 unspecified atom stereocenters. The summed E-state index contributed by atoms with van der Waals surface area (Å²) in [6.07, 6.45) is 2.77. The zero-order chi connectivity index (χ0) is 13.0. The van der Waals surface area contributed by atoms with Crippen molar-refractivity contribution in [3.63, 3.8) is 0 Å². The van der Waals surface area contributed by atoms with Gasteiger partial charge in [0.05, 0.1) is 6.10 Å². The molecule has 1 aliphatic rings. The fourth-order valence-electron chi connectivity index (χ4n) is 2.40. The Hall–Kier alpha value is -0.670. The van der Waals surface area contributed by atoms with Gasteiger partial charge in [-0.15, -0.1) is 11.8 Å². The summed E-state index contributed by atoms with van der Waals surface area (Å²) in [6.45, 7) is 4.39. The highest BCUT2D eigenvalue weighted by molar-refractivity contribution is 7.99. The van der Waals surface area contributed by atoms with Crippen LogP contribution >= 0.6 is 11.8 Å². The summed E-state index contributed by atoms with van der Waals surface area (Å²) in [6, 6.07) is 8.06. The van der Waals surface area contributed by atoms with Crippen molar-refractivity contribution < 1.29 is 9.84 Å². The van der Waals surface area contributed by atoms with E-state index in [1.807, 2.05) is 18.2 Å². The first-order valence-corrected chi connectivity index (χ1v) is 7.75. The fourth-order valence-corrected chi connectivity index (χ4v) is 3.47. The van der Waals surface area contributed by atoms with Crippen LogP contribution in [-0.2, 0) is 0 Å². The average molecular weight is 266 g/mol. The van der Waals surface area contributed by atoms with Gasteiger partial charge in [0, 0.05) is 10.6 Å². The molecule has 0 aliphatic carbocycles. The van der Waals surface area contributed by atoms with E-state index in [1.54, 1.807) is 11.8 Å². The Bertz CT molecular complexity index is 381. The largest absolute Gasteiger partial charge is 0.486 e. The van der Waals surface area contributed by atoms with Crippen molar-refractivity contribution in [3.8, 4) is 5.75 Å². The second-order valence-electron chi connectivity index (χ2n) is 5.11. The maximum atomic E-state index is 10.3. The molecule has 0 radical (unpaired) electrons. The first kappa shape index (κ1) is 13.8. The van der Waals surface area contributed by atoms with E-state index in [9.17, 15) is 5.11 Å². The lowest BCUT2D eigenvalue weighted by molar-refractivity contribution is 0.0305. The predicted molar refractivity (Wildman–Crippen MR) is 76.3 cm³/mol. The Morgan fingerprint density at radius 2 is 2.22 bits per heavy atom. The molecular formula is C15H22O2S. The Balaban J connectivity index is 1.92. The molecule has 1 aromatic carbocycles. The van der Waals surface area contributed by atoms with Gasteiger partial charge in [0.2, 0.25) is 0 Å². The van der Waals surface area contributed by atoms with Gasteiger partial charge in [-0.1, -0.05) is 38.8 Å². The molecule has 0 aromatic heterocycles. The van der Waals surface area contributed by atoms with Gasteiger partial charge in [0.25, 0.3) is 0 Å². The number of aliphatic hydroxyl groups is 1. The lowest BCUT2D eigenvalue weighted by atomic mass is 9.96. The Morgan fingerprint density at radius 1 is 1.44 bits per heavy atom. The van der Waals surface area contributed by atoms with Crippen LogP contribution in [0.15, 0.2) is 29.2 Å². The van der Waals surface area contributed by atoms with Crippen molar-refractivity contribution in [3.05, 3.63) is 24.3 Å². The van der Waals surface area contributed by atoms with E-state index in [2.05, 4.69) is 19.9 Å². The van der Waals surface area contributed by atoms with Crippen LogP contribution < -0.4 is 4.74 Å². The van der Waals surface area contributed by atoms with E-state index < -0.39 is 0 Å². The maximum Gasteiger partial charge on any atom is 0.134 e. The lowest BCUT2D eigenvalue weighted by Gasteiger charge is -2.30. The molecule has 1 aromatic rings. The van der Waals surface area contributed by atoms with Crippen LogP contribution in [0.1, 0.15) is 33.1 Å². The zero-order valence-corrected chi connectivity index (χ0v) is 12.0. The highest BCUT2D eigenvalue weighted by Crippen LogP contribution is 2.36. The van der Waals surface area contributed by atoms with E-state index >= 15 is 0 Å². The smallest absolute Gasteiger partial charge is 0.134 e. The monoisotopic (exact) mass is 266 g/mol. The molecule has 0 bridgehead atoms. The van der Waals surface area contributed by atoms with E-state index in [0.29, 0.717) is 5.92 Å². The van der Waals surface area contributed by atoms with Gasteiger partial charge in [-0.3, -0.25) is 0 Å². The summed E-state index contributed by atoms with van der Waals surface area (Å²) in [5.74, 6) is 2.33. The standard InChI is InChI=1S/C15H22O2S/c1-3-6-11(2)9-12(16)14-10-18-15-8-5-4-7-13(15)17-14/h4-5,7-8,11-12,14,16H,3,6,9-10H2,1-2H3. The van der Waals surface area contributed by atoms with Gasteiger partial charge in [-0.25, -0.2) is 0 Å². The van der Waals surface area contributed by atoms with Crippen LogP contribution in [0.25, 0.3) is 0 Å². The van der Waals surface area contributed by atoms with E-state index in [-0.39, 0.29) is 12.2 Å². The Kier molecular flexibility index (Phi) is 4.95. The summed E-state index contributed by atoms with van der Waals surface area (Å²) in [4.78, 5) is 1.18. The lowest BCUT2D eigenvalue weighted by Crippen LogP contribution is -2.37. The van der Waals surface area contributed by atoms with Crippen molar-refractivity contribution in [2.24, 2.45) is 5.92 Å². The van der Waals surface area contributed by atoms with Crippen LogP contribution in [0.4, 0.5) is 0 Å². The number of thioether (sulfide) groups is 1. The molecular weight excluding hydrogens is 244 g/mol. The molecule has 0 spiro atoms. The van der Waals surface area contributed by atoms with Gasteiger partial charge >= 0.3 is 0 Å². The molecule has 0 fully saturated rings. The average Bonchev–Trinajstić information content (AvgIpc) is 2.38. The topological polar surface area (TPSA) is 29.5 Å². The summed E-state index contributed by atoms with van der Waals surface area (Å²) < 4.78 is 5.90. The molecule has 2 nitrogen and oxygen atoms in total. The molecule has 0 saturated heterocycles. The molecule has 100 valence electrons. The normalized spacial score (nSPS) is 21.8. The molecule has 3 atom stereocenters. The summed E-state index contributed by atoms with van der Waals surface area (Å²) in [5, 5.41) is 10.3. The third kappa shape index (κ3) is 3.42. The van der Waals surface area contributed by atoms with Crippen molar-refractivity contribution in [1.82, 2.24) is 0 Å². The number of hydrogen-bond acceptors (Lipinski definition) is 3. The van der Waals surface area contributed by atoms with Crippen molar-refractivity contribution in [2.45, 2.75) is 50.2 Å². The molecule has 0 amide bonds. The second kappa shape index (κ2) is 6.48. The number of rotatable bonds is 5. The van der Waals surface area contributed by atoms with Gasteiger partial charge in [-0.05, 0) is 24.5 Å². The highest BCUT2D eigenvalue weighted by Gasteiger charge is 2.27. The zero-order valence-electron chi connectivity index (χ0n) is 11.1. The van der Waals surface area contributed by atoms with Crippen LogP contribution in [0.2, 0.25) is 0 Å². The number of para-hydroxylation sites is 1. The number of benzene rings is 1. The predicted octanol–water partition coefficient (Wildman–Crippen LogP) is 3.73. The number of hydrogen-bond donors (Lipinski definition) is 1. The van der Waals surface area contributed by atoms with Gasteiger partial charge in [-0.2, -0.15) is 0 Å². The molecule has 2 rings (SSSR count). The molecule has 1 N–H and O–H groups in total. The fraction of sp³-hybridized carbons (Fsp3) is 0.600. The minimum atomic E-state index is -0.354. The minimum Gasteiger partial charge on any atom is -0.486 e. The van der Waals surface area contributed by atoms with Gasteiger partial charge in [0.1, 0.15) is 11.9 Å².